The van der Waals surface area contributed by atoms with Crippen molar-refractivity contribution in [2.75, 3.05) is 24.9 Å². The van der Waals surface area contributed by atoms with Crippen molar-refractivity contribution < 1.29 is 19.1 Å². The van der Waals surface area contributed by atoms with Gasteiger partial charge in [-0.1, -0.05) is 30.3 Å². The van der Waals surface area contributed by atoms with Crippen molar-refractivity contribution in [2.24, 2.45) is 0 Å². The molecule has 0 unspecified atom stereocenters. The summed E-state index contributed by atoms with van der Waals surface area (Å²) in [5.41, 5.74) is 1.72. The van der Waals surface area contributed by atoms with Crippen LogP contribution in [0, 0.1) is 0 Å². The Balaban J connectivity index is 1.55. The molecule has 0 saturated carbocycles. The van der Waals surface area contributed by atoms with Gasteiger partial charge >= 0.3 is 0 Å². The van der Waals surface area contributed by atoms with E-state index in [-0.39, 0.29) is 11.8 Å². The Morgan fingerprint density at radius 2 is 1.09 bits per heavy atom. The summed E-state index contributed by atoms with van der Waals surface area (Å²) in [6.07, 6.45) is 6.19. The third-order valence-corrected chi connectivity index (χ3v) is 4.34. The molecular weight excluding hydrogens is 406 g/mol. The van der Waals surface area contributed by atoms with E-state index in [1.165, 1.54) is 12.2 Å². The maximum atomic E-state index is 12.2. The number of nitrogens with zero attached hydrogens (tertiary/aromatic N) is 1. The van der Waals surface area contributed by atoms with Crippen molar-refractivity contribution in [3.63, 3.8) is 0 Å². The van der Waals surface area contributed by atoms with Crippen LogP contribution in [0.2, 0.25) is 0 Å². The molecule has 0 atom stereocenters. The molecule has 1 aromatic heterocycles. The van der Waals surface area contributed by atoms with Crippen LogP contribution in [0.1, 0.15) is 11.1 Å². The number of anilines is 2. The van der Waals surface area contributed by atoms with Gasteiger partial charge in [-0.25, -0.2) is 4.98 Å². The van der Waals surface area contributed by atoms with E-state index in [1.54, 1.807) is 44.6 Å². The third kappa shape index (κ3) is 6.84. The van der Waals surface area contributed by atoms with Crippen LogP contribution in [-0.2, 0) is 9.59 Å². The van der Waals surface area contributed by atoms with Crippen molar-refractivity contribution in [3.05, 3.63) is 90.0 Å². The monoisotopic (exact) mass is 429 g/mol. The Morgan fingerprint density at radius 3 is 1.47 bits per heavy atom. The molecule has 2 amide bonds. The minimum atomic E-state index is -0.337. The maximum absolute atomic E-state index is 12.2. The summed E-state index contributed by atoms with van der Waals surface area (Å²) in [5, 5.41) is 5.35. The molecule has 0 aliphatic carbocycles. The summed E-state index contributed by atoms with van der Waals surface area (Å²) in [6, 6.07) is 19.6. The molecule has 162 valence electrons. The fourth-order valence-electron chi connectivity index (χ4n) is 2.68. The number of pyridine rings is 1. The quantitative estimate of drug-likeness (QED) is 0.518. The predicted molar refractivity (Wildman–Crippen MR) is 126 cm³/mol. The average Bonchev–Trinajstić information content (AvgIpc) is 2.82. The minimum Gasteiger partial charge on any atom is -0.497 e. The van der Waals surface area contributed by atoms with E-state index in [1.807, 2.05) is 48.5 Å². The molecule has 0 spiro atoms. The fraction of sp³-hybridized carbons (Fsp3) is 0.0800. The standard InChI is InChI=1S/C25H23N3O4/c1-31-20-12-6-18(7-13-20)10-16-24(29)27-22-4-3-5-23(26-22)28-25(30)17-11-19-8-14-21(32-2)15-9-19/h3-17H,1-2H3,(H2,26,27,28,29,30)/b16-10-,17-11+. The zero-order valence-corrected chi connectivity index (χ0v) is 17.7. The topological polar surface area (TPSA) is 89.6 Å². The van der Waals surface area contributed by atoms with Crippen molar-refractivity contribution in [2.45, 2.75) is 0 Å². The molecule has 0 bridgehead atoms. The number of hydrogen-bond donors (Lipinski definition) is 2. The molecule has 3 aromatic rings. The van der Waals surface area contributed by atoms with E-state index in [9.17, 15) is 9.59 Å². The van der Waals surface area contributed by atoms with Crippen LogP contribution in [0.3, 0.4) is 0 Å². The molecule has 0 fully saturated rings. The van der Waals surface area contributed by atoms with Gasteiger partial charge in [-0.15, -0.1) is 0 Å². The number of rotatable bonds is 8. The Kier molecular flexibility index (Phi) is 7.75. The van der Waals surface area contributed by atoms with Gasteiger partial charge in [-0.3, -0.25) is 9.59 Å². The molecule has 3 rings (SSSR count). The van der Waals surface area contributed by atoms with Crippen molar-refractivity contribution in [1.29, 1.82) is 0 Å². The van der Waals surface area contributed by atoms with Gasteiger partial charge in [-0.05, 0) is 59.7 Å². The Morgan fingerprint density at radius 1 is 0.688 bits per heavy atom. The highest BCUT2D eigenvalue weighted by Crippen LogP contribution is 2.14. The van der Waals surface area contributed by atoms with E-state index in [4.69, 9.17) is 9.47 Å². The van der Waals surface area contributed by atoms with E-state index >= 15 is 0 Å². The first-order chi connectivity index (χ1) is 15.6. The van der Waals surface area contributed by atoms with Gasteiger partial charge < -0.3 is 20.1 Å². The molecule has 0 aliphatic heterocycles. The van der Waals surface area contributed by atoms with Crippen LogP contribution in [-0.4, -0.2) is 31.0 Å². The predicted octanol–water partition coefficient (Wildman–Crippen LogP) is 4.40. The van der Waals surface area contributed by atoms with Crippen LogP contribution in [0.4, 0.5) is 11.6 Å². The smallest absolute Gasteiger partial charge is 0.249 e. The van der Waals surface area contributed by atoms with Crippen LogP contribution in [0.5, 0.6) is 11.5 Å². The summed E-state index contributed by atoms with van der Waals surface area (Å²) >= 11 is 0. The normalized spacial score (nSPS) is 10.8. The second kappa shape index (κ2) is 11.1. The summed E-state index contributed by atoms with van der Waals surface area (Å²) in [7, 11) is 3.19. The minimum absolute atomic E-state index is 0.325. The van der Waals surface area contributed by atoms with Gasteiger partial charge in [-0.2, -0.15) is 0 Å². The fourth-order valence-corrected chi connectivity index (χ4v) is 2.68. The molecule has 7 heteroatoms. The van der Waals surface area contributed by atoms with Gasteiger partial charge in [0.05, 0.1) is 14.2 Å². The number of carbonyl (C=O) groups excluding carboxylic acids is 2. The molecule has 0 saturated heterocycles. The summed E-state index contributed by atoms with van der Waals surface area (Å²) in [4.78, 5) is 28.6. The van der Waals surface area contributed by atoms with E-state index in [2.05, 4.69) is 15.6 Å². The van der Waals surface area contributed by atoms with Crippen molar-refractivity contribution in [1.82, 2.24) is 4.98 Å². The number of aromatic nitrogens is 1. The van der Waals surface area contributed by atoms with Crippen molar-refractivity contribution >= 4 is 35.6 Å². The summed E-state index contributed by atoms with van der Waals surface area (Å²) in [5.74, 6) is 1.46. The van der Waals surface area contributed by atoms with Gasteiger partial charge in [0, 0.05) is 12.2 Å². The second-order valence-corrected chi connectivity index (χ2v) is 6.60. The number of amides is 2. The first kappa shape index (κ1) is 22.3. The molecule has 1 heterocycles. The van der Waals surface area contributed by atoms with E-state index < -0.39 is 0 Å². The Labute approximate surface area is 186 Å². The van der Waals surface area contributed by atoms with E-state index in [0.29, 0.717) is 11.6 Å². The molecule has 2 aromatic carbocycles. The SMILES string of the molecule is COc1ccc(/C=C\C(=O)Nc2cccc(NC(=O)/C=C/c3ccc(OC)cc3)n2)cc1. The van der Waals surface area contributed by atoms with Crippen LogP contribution < -0.4 is 20.1 Å². The molecule has 7 nitrogen and oxygen atoms in total. The Bertz CT molecular complexity index is 1030. The lowest BCUT2D eigenvalue weighted by molar-refractivity contribution is -0.112. The van der Waals surface area contributed by atoms with Crippen LogP contribution >= 0.6 is 0 Å². The number of benzene rings is 2. The highest BCUT2D eigenvalue weighted by atomic mass is 16.5. The lowest BCUT2D eigenvalue weighted by Crippen LogP contribution is -2.12. The van der Waals surface area contributed by atoms with E-state index in [0.717, 1.165) is 22.6 Å². The molecule has 0 aliphatic rings. The zero-order valence-electron chi connectivity index (χ0n) is 17.7. The molecule has 0 radical (unpaired) electrons. The van der Waals surface area contributed by atoms with Gasteiger partial charge in [0.15, 0.2) is 0 Å². The largest absolute Gasteiger partial charge is 0.497 e. The summed E-state index contributed by atoms with van der Waals surface area (Å²) < 4.78 is 10.2. The van der Waals surface area contributed by atoms with Crippen LogP contribution in [0.15, 0.2) is 78.9 Å². The van der Waals surface area contributed by atoms with Gasteiger partial charge in [0.25, 0.3) is 0 Å². The number of hydrogen-bond acceptors (Lipinski definition) is 5. The number of carbonyl (C=O) groups is 2. The average molecular weight is 429 g/mol. The first-order valence-corrected chi connectivity index (χ1v) is 9.79. The molecule has 32 heavy (non-hydrogen) atoms. The number of nitrogens with one attached hydrogen (secondary N) is 2. The van der Waals surface area contributed by atoms with Crippen molar-refractivity contribution in [3.8, 4) is 11.5 Å². The van der Waals surface area contributed by atoms with Crippen LogP contribution in [0.25, 0.3) is 12.2 Å². The Hall–Kier alpha value is -4.39. The third-order valence-electron chi connectivity index (χ3n) is 4.34. The lowest BCUT2D eigenvalue weighted by atomic mass is 10.2. The maximum Gasteiger partial charge on any atom is 0.249 e. The summed E-state index contributed by atoms with van der Waals surface area (Å²) in [6.45, 7) is 0. The van der Waals surface area contributed by atoms with Gasteiger partial charge in [0.2, 0.25) is 11.8 Å². The molecule has 2 N–H and O–H groups in total. The second-order valence-electron chi connectivity index (χ2n) is 6.60. The highest BCUT2D eigenvalue weighted by Gasteiger charge is 2.04. The first-order valence-electron chi connectivity index (χ1n) is 9.79. The molecular formula is C25H23N3O4. The zero-order chi connectivity index (χ0) is 22.8. The number of ether oxygens (including phenoxy) is 2. The number of methoxy groups -OCH3 is 2. The highest BCUT2D eigenvalue weighted by molar-refractivity contribution is 6.03. The van der Waals surface area contributed by atoms with Gasteiger partial charge in [0.1, 0.15) is 23.1 Å². The lowest BCUT2D eigenvalue weighted by Gasteiger charge is -2.05.